The fourth-order valence-electron chi connectivity index (χ4n) is 4.67. The Morgan fingerprint density at radius 2 is 1.88 bits per heavy atom. The Labute approximate surface area is 152 Å². The first kappa shape index (κ1) is 17.5. The van der Waals surface area contributed by atoms with E-state index in [1.807, 2.05) is 4.90 Å². The van der Waals surface area contributed by atoms with Crippen LogP contribution in [0.5, 0.6) is 0 Å². The van der Waals surface area contributed by atoms with Crippen LogP contribution in [0.2, 0.25) is 0 Å². The highest BCUT2D eigenvalue weighted by Gasteiger charge is 2.42. The fourth-order valence-corrected chi connectivity index (χ4v) is 4.67. The van der Waals surface area contributed by atoms with Crippen LogP contribution in [-0.2, 0) is 11.3 Å². The quantitative estimate of drug-likeness (QED) is 0.862. The molecule has 3 heterocycles. The lowest BCUT2D eigenvalue weighted by molar-refractivity contribution is -0.0490. The Balaban J connectivity index is 1.55. The highest BCUT2D eigenvalue weighted by Crippen LogP contribution is 2.35. The summed E-state index contributed by atoms with van der Waals surface area (Å²) >= 11 is 0. The van der Waals surface area contributed by atoms with Gasteiger partial charge in [0.2, 0.25) is 0 Å². The van der Waals surface area contributed by atoms with Crippen LogP contribution in [-0.4, -0.2) is 81.5 Å². The second-order valence-electron chi connectivity index (χ2n) is 7.55. The van der Waals surface area contributed by atoms with Gasteiger partial charge in [-0.15, -0.1) is 0 Å². The van der Waals surface area contributed by atoms with Crippen LogP contribution in [0, 0.1) is 0 Å². The lowest BCUT2D eigenvalue weighted by Crippen LogP contribution is -2.61. The normalized spacial score (nSPS) is 23.7. The molecule has 1 aromatic heterocycles. The minimum Gasteiger partial charge on any atom is -0.476 e. The number of carbonyl (C=O) groups excluding carboxylic acids is 1. The van der Waals surface area contributed by atoms with Crippen LogP contribution < -0.4 is 0 Å². The molecule has 1 aliphatic carbocycles. The Morgan fingerprint density at radius 1 is 1.15 bits per heavy atom. The Hall–Kier alpha value is -1.93. The van der Waals surface area contributed by atoms with Crippen molar-refractivity contribution in [3.8, 4) is 0 Å². The maximum absolute atomic E-state index is 13.0. The number of aromatic nitrogens is 2. The van der Waals surface area contributed by atoms with Gasteiger partial charge in [-0.1, -0.05) is 19.3 Å². The van der Waals surface area contributed by atoms with Crippen LogP contribution in [0.4, 0.5) is 0 Å². The summed E-state index contributed by atoms with van der Waals surface area (Å²) in [6.45, 7) is 5.19. The monoisotopic (exact) mass is 362 g/mol. The van der Waals surface area contributed by atoms with Crippen LogP contribution in [0.15, 0.2) is 6.07 Å². The summed E-state index contributed by atoms with van der Waals surface area (Å²) in [7, 11) is 0. The van der Waals surface area contributed by atoms with E-state index in [4.69, 9.17) is 9.84 Å². The molecule has 2 aliphatic heterocycles. The molecule has 1 saturated carbocycles. The van der Waals surface area contributed by atoms with Crippen LogP contribution in [0.3, 0.4) is 0 Å². The van der Waals surface area contributed by atoms with Crippen molar-refractivity contribution in [2.45, 2.75) is 44.2 Å². The zero-order chi connectivity index (χ0) is 18.1. The Morgan fingerprint density at radius 3 is 2.58 bits per heavy atom. The van der Waals surface area contributed by atoms with Crippen LogP contribution in [0.1, 0.15) is 53.1 Å². The summed E-state index contributed by atoms with van der Waals surface area (Å²) in [6.07, 6.45) is 5.86. The van der Waals surface area contributed by atoms with E-state index >= 15 is 0 Å². The second kappa shape index (κ2) is 7.00. The van der Waals surface area contributed by atoms with Crippen molar-refractivity contribution < 1.29 is 19.4 Å². The molecule has 0 radical (unpaired) electrons. The van der Waals surface area contributed by atoms with Gasteiger partial charge in [0.1, 0.15) is 5.69 Å². The summed E-state index contributed by atoms with van der Waals surface area (Å²) in [5.41, 5.74) is 0.354. The SMILES string of the molecule is O=C(O)c1cc2n(n1)CCN(CC1(N3CCOCC3)CCCCC1)C2=O. The standard InChI is InChI=1S/C18H26N4O4/c23-16-15-12-14(17(24)25)19-22(15)7-6-20(16)13-18(4-2-1-3-5-18)21-8-10-26-11-9-21/h12H,1-11,13H2,(H,24,25). The molecule has 142 valence electrons. The molecule has 0 spiro atoms. The highest BCUT2D eigenvalue weighted by atomic mass is 16.5. The Kier molecular flexibility index (Phi) is 4.71. The maximum atomic E-state index is 13.0. The third-order valence-electron chi connectivity index (χ3n) is 6.04. The number of rotatable bonds is 4. The number of ether oxygens (including phenoxy) is 1. The molecule has 0 atom stereocenters. The summed E-state index contributed by atoms with van der Waals surface area (Å²) in [6, 6.07) is 1.40. The van der Waals surface area contributed by atoms with E-state index in [-0.39, 0.29) is 17.1 Å². The van der Waals surface area contributed by atoms with Gasteiger partial charge < -0.3 is 14.7 Å². The molecule has 0 aromatic carbocycles. The molecular formula is C18H26N4O4. The number of carbonyl (C=O) groups is 2. The smallest absolute Gasteiger partial charge is 0.356 e. The predicted molar refractivity (Wildman–Crippen MR) is 93.3 cm³/mol. The van der Waals surface area contributed by atoms with Gasteiger partial charge in [0.05, 0.1) is 19.8 Å². The minimum atomic E-state index is -1.09. The molecule has 1 saturated heterocycles. The molecule has 26 heavy (non-hydrogen) atoms. The van der Waals surface area contributed by atoms with E-state index in [1.165, 1.54) is 30.0 Å². The number of hydrogen-bond acceptors (Lipinski definition) is 5. The largest absolute Gasteiger partial charge is 0.476 e. The van der Waals surface area contributed by atoms with Gasteiger partial charge in [-0.2, -0.15) is 5.10 Å². The van der Waals surface area contributed by atoms with E-state index in [2.05, 4.69) is 10.00 Å². The number of hydrogen-bond donors (Lipinski definition) is 1. The molecule has 0 unspecified atom stereocenters. The fraction of sp³-hybridized carbons (Fsp3) is 0.722. The topological polar surface area (TPSA) is 87.9 Å². The van der Waals surface area contributed by atoms with Crippen LogP contribution >= 0.6 is 0 Å². The van der Waals surface area contributed by atoms with Gasteiger partial charge in [-0.3, -0.25) is 14.4 Å². The van der Waals surface area contributed by atoms with Crippen molar-refractivity contribution in [1.82, 2.24) is 19.6 Å². The molecule has 1 amide bonds. The van der Waals surface area contributed by atoms with Crippen molar-refractivity contribution in [2.24, 2.45) is 0 Å². The number of fused-ring (bicyclic) bond motifs is 1. The predicted octanol–water partition coefficient (Wildman–Crippen LogP) is 1.07. The van der Waals surface area contributed by atoms with Gasteiger partial charge in [-0.25, -0.2) is 4.79 Å². The van der Waals surface area contributed by atoms with Crippen molar-refractivity contribution >= 4 is 11.9 Å². The van der Waals surface area contributed by atoms with Gasteiger partial charge in [-0.05, 0) is 12.8 Å². The molecule has 2 fully saturated rings. The van der Waals surface area contributed by atoms with Crippen molar-refractivity contribution in [1.29, 1.82) is 0 Å². The summed E-state index contributed by atoms with van der Waals surface area (Å²) in [5.74, 6) is -1.20. The molecule has 1 N–H and O–H groups in total. The van der Waals surface area contributed by atoms with Crippen LogP contribution in [0.25, 0.3) is 0 Å². The van der Waals surface area contributed by atoms with Gasteiger partial charge in [0.15, 0.2) is 5.69 Å². The number of aromatic carboxylic acids is 1. The van der Waals surface area contributed by atoms with Gasteiger partial charge in [0.25, 0.3) is 5.91 Å². The highest BCUT2D eigenvalue weighted by molar-refractivity contribution is 5.96. The number of amides is 1. The van der Waals surface area contributed by atoms with E-state index < -0.39 is 5.97 Å². The molecule has 0 bridgehead atoms. The summed E-state index contributed by atoms with van der Waals surface area (Å²) in [5, 5.41) is 13.2. The lowest BCUT2D eigenvalue weighted by Gasteiger charge is -2.50. The molecule has 4 rings (SSSR count). The number of carboxylic acids is 1. The first-order valence-corrected chi connectivity index (χ1v) is 9.52. The minimum absolute atomic E-state index is 0.0233. The molecular weight excluding hydrogens is 336 g/mol. The number of nitrogens with zero attached hydrogens (tertiary/aromatic N) is 4. The zero-order valence-electron chi connectivity index (χ0n) is 15.0. The van der Waals surface area contributed by atoms with Gasteiger partial charge >= 0.3 is 5.97 Å². The molecule has 1 aromatic rings. The molecule has 8 heteroatoms. The van der Waals surface area contributed by atoms with Crippen molar-refractivity contribution in [3.05, 3.63) is 17.5 Å². The molecule has 3 aliphatic rings. The van der Waals surface area contributed by atoms with E-state index in [0.29, 0.717) is 25.3 Å². The van der Waals surface area contributed by atoms with Crippen molar-refractivity contribution in [3.63, 3.8) is 0 Å². The number of morpholine rings is 1. The third kappa shape index (κ3) is 3.12. The van der Waals surface area contributed by atoms with E-state index in [0.717, 1.165) is 39.1 Å². The average molecular weight is 362 g/mol. The maximum Gasteiger partial charge on any atom is 0.356 e. The van der Waals surface area contributed by atoms with E-state index in [1.54, 1.807) is 0 Å². The summed E-state index contributed by atoms with van der Waals surface area (Å²) in [4.78, 5) is 28.6. The van der Waals surface area contributed by atoms with E-state index in [9.17, 15) is 9.59 Å². The number of carboxylic acid groups (broad SMARTS) is 1. The average Bonchev–Trinajstić information content (AvgIpc) is 3.11. The third-order valence-corrected chi connectivity index (χ3v) is 6.04. The second-order valence-corrected chi connectivity index (χ2v) is 7.55. The Bertz CT molecular complexity index is 689. The lowest BCUT2D eigenvalue weighted by atomic mass is 9.79. The van der Waals surface area contributed by atoms with Gasteiger partial charge in [0, 0.05) is 37.8 Å². The molecule has 8 nitrogen and oxygen atoms in total. The first-order chi connectivity index (χ1) is 12.6. The van der Waals surface area contributed by atoms with Crippen molar-refractivity contribution in [2.75, 3.05) is 39.4 Å². The first-order valence-electron chi connectivity index (χ1n) is 9.52. The summed E-state index contributed by atoms with van der Waals surface area (Å²) < 4.78 is 7.06. The zero-order valence-corrected chi connectivity index (χ0v) is 15.0.